The highest BCUT2D eigenvalue weighted by atomic mass is 16.3. The quantitative estimate of drug-likeness (QED) is 0.606. The SMILES string of the molecule is CCc1cccc(C(CCc2ccco2)NN)c1. The molecule has 0 fully saturated rings. The van der Waals surface area contributed by atoms with Gasteiger partial charge in [0.1, 0.15) is 5.76 Å². The van der Waals surface area contributed by atoms with Crippen LogP contribution in [0.5, 0.6) is 0 Å². The van der Waals surface area contributed by atoms with Crippen molar-refractivity contribution in [1.29, 1.82) is 0 Å². The summed E-state index contributed by atoms with van der Waals surface area (Å²) in [4.78, 5) is 0. The van der Waals surface area contributed by atoms with Crippen LogP contribution in [0.4, 0.5) is 0 Å². The van der Waals surface area contributed by atoms with Gasteiger partial charge in [-0.15, -0.1) is 0 Å². The summed E-state index contributed by atoms with van der Waals surface area (Å²) in [6.45, 7) is 2.16. The normalized spacial score (nSPS) is 12.6. The molecule has 0 saturated carbocycles. The van der Waals surface area contributed by atoms with E-state index in [9.17, 15) is 0 Å². The number of hydrogen-bond donors (Lipinski definition) is 2. The Morgan fingerprint density at radius 1 is 1.28 bits per heavy atom. The van der Waals surface area contributed by atoms with Gasteiger partial charge in [0.25, 0.3) is 0 Å². The van der Waals surface area contributed by atoms with E-state index >= 15 is 0 Å². The summed E-state index contributed by atoms with van der Waals surface area (Å²) in [6, 6.07) is 12.6. The summed E-state index contributed by atoms with van der Waals surface area (Å²) in [5.74, 6) is 6.66. The third-order valence-corrected chi connectivity index (χ3v) is 3.22. The number of hydrogen-bond acceptors (Lipinski definition) is 3. The second-order valence-electron chi connectivity index (χ2n) is 4.44. The second kappa shape index (κ2) is 6.38. The lowest BCUT2D eigenvalue weighted by Crippen LogP contribution is -2.28. The van der Waals surface area contributed by atoms with Gasteiger partial charge in [0.05, 0.1) is 6.26 Å². The van der Waals surface area contributed by atoms with E-state index in [4.69, 9.17) is 10.3 Å². The summed E-state index contributed by atoms with van der Waals surface area (Å²) >= 11 is 0. The zero-order chi connectivity index (χ0) is 12.8. The van der Waals surface area contributed by atoms with Crippen LogP contribution in [0.25, 0.3) is 0 Å². The molecule has 1 aromatic heterocycles. The Balaban J connectivity index is 2.03. The van der Waals surface area contributed by atoms with Crippen molar-refractivity contribution in [2.75, 3.05) is 0 Å². The van der Waals surface area contributed by atoms with Crippen LogP contribution in [0.2, 0.25) is 0 Å². The lowest BCUT2D eigenvalue weighted by Gasteiger charge is -2.16. The maximum Gasteiger partial charge on any atom is 0.103 e. The van der Waals surface area contributed by atoms with Crippen LogP contribution in [-0.4, -0.2) is 0 Å². The molecular formula is C15H20N2O. The molecule has 0 aliphatic carbocycles. The molecule has 0 spiro atoms. The molecule has 1 aromatic carbocycles. The minimum atomic E-state index is 0.168. The summed E-state index contributed by atoms with van der Waals surface area (Å²) in [7, 11) is 0. The molecule has 0 radical (unpaired) electrons. The van der Waals surface area contributed by atoms with Crippen LogP contribution in [0.1, 0.15) is 36.3 Å². The molecule has 0 aliphatic heterocycles. The van der Waals surface area contributed by atoms with E-state index in [1.54, 1.807) is 6.26 Å². The maximum atomic E-state index is 5.66. The minimum absolute atomic E-state index is 0.168. The van der Waals surface area contributed by atoms with Gasteiger partial charge in [0.2, 0.25) is 0 Å². The molecule has 0 saturated heterocycles. The van der Waals surface area contributed by atoms with Crippen molar-refractivity contribution in [3.05, 3.63) is 59.5 Å². The van der Waals surface area contributed by atoms with Gasteiger partial charge in [-0.3, -0.25) is 11.3 Å². The van der Waals surface area contributed by atoms with E-state index in [1.807, 2.05) is 12.1 Å². The zero-order valence-corrected chi connectivity index (χ0v) is 10.7. The average molecular weight is 244 g/mol. The molecule has 96 valence electrons. The fourth-order valence-corrected chi connectivity index (χ4v) is 2.12. The summed E-state index contributed by atoms with van der Waals surface area (Å²) < 4.78 is 5.34. The van der Waals surface area contributed by atoms with Gasteiger partial charge in [-0.2, -0.15) is 0 Å². The number of nitrogens with one attached hydrogen (secondary N) is 1. The summed E-state index contributed by atoms with van der Waals surface area (Å²) in [6.07, 6.45) is 4.57. The molecule has 18 heavy (non-hydrogen) atoms. The first kappa shape index (κ1) is 12.9. The van der Waals surface area contributed by atoms with E-state index in [-0.39, 0.29) is 6.04 Å². The molecule has 3 N–H and O–H groups in total. The molecule has 0 aliphatic rings. The van der Waals surface area contributed by atoms with Gasteiger partial charge in [-0.1, -0.05) is 31.2 Å². The number of nitrogens with two attached hydrogens (primary N) is 1. The van der Waals surface area contributed by atoms with Gasteiger partial charge in [-0.05, 0) is 36.1 Å². The van der Waals surface area contributed by atoms with Crippen molar-refractivity contribution >= 4 is 0 Å². The number of rotatable bonds is 6. The first-order valence-corrected chi connectivity index (χ1v) is 6.41. The highest BCUT2D eigenvalue weighted by Crippen LogP contribution is 2.20. The smallest absolute Gasteiger partial charge is 0.103 e. The summed E-state index contributed by atoms with van der Waals surface area (Å²) in [5, 5.41) is 0. The fraction of sp³-hybridized carbons (Fsp3) is 0.333. The van der Waals surface area contributed by atoms with E-state index in [0.29, 0.717) is 0 Å². The average Bonchev–Trinajstić information content (AvgIpc) is 2.93. The largest absolute Gasteiger partial charge is 0.469 e. The predicted molar refractivity (Wildman–Crippen MR) is 72.9 cm³/mol. The summed E-state index contributed by atoms with van der Waals surface area (Å²) in [5.41, 5.74) is 5.47. The van der Waals surface area contributed by atoms with Crippen molar-refractivity contribution in [2.45, 2.75) is 32.2 Å². The minimum Gasteiger partial charge on any atom is -0.469 e. The molecule has 0 bridgehead atoms. The van der Waals surface area contributed by atoms with Crippen LogP contribution >= 0.6 is 0 Å². The molecule has 1 unspecified atom stereocenters. The Kier molecular flexibility index (Phi) is 4.56. The van der Waals surface area contributed by atoms with Gasteiger partial charge >= 0.3 is 0 Å². The van der Waals surface area contributed by atoms with Crippen LogP contribution in [0.15, 0.2) is 47.1 Å². The van der Waals surface area contributed by atoms with Crippen LogP contribution in [-0.2, 0) is 12.8 Å². The molecule has 2 rings (SSSR count). The Hall–Kier alpha value is -1.58. The van der Waals surface area contributed by atoms with E-state index in [1.165, 1.54) is 11.1 Å². The number of hydrazine groups is 1. The van der Waals surface area contributed by atoms with Crippen molar-refractivity contribution in [2.24, 2.45) is 5.84 Å². The Morgan fingerprint density at radius 3 is 2.83 bits per heavy atom. The molecule has 0 amide bonds. The van der Waals surface area contributed by atoms with E-state index < -0.39 is 0 Å². The third kappa shape index (κ3) is 3.22. The van der Waals surface area contributed by atoms with Gasteiger partial charge < -0.3 is 4.42 Å². The number of furan rings is 1. The van der Waals surface area contributed by atoms with Crippen molar-refractivity contribution in [3.8, 4) is 0 Å². The number of benzene rings is 1. The topological polar surface area (TPSA) is 51.2 Å². The molecule has 2 aromatic rings. The molecule has 1 atom stereocenters. The third-order valence-electron chi connectivity index (χ3n) is 3.22. The number of aryl methyl sites for hydroxylation is 2. The van der Waals surface area contributed by atoms with Gasteiger partial charge in [-0.25, -0.2) is 0 Å². The van der Waals surface area contributed by atoms with Crippen molar-refractivity contribution in [1.82, 2.24) is 5.43 Å². The second-order valence-corrected chi connectivity index (χ2v) is 4.44. The van der Waals surface area contributed by atoms with Crippen LogP contribution < -0.4 is 11.3 Å². The Bertz CT molecular complexity index is 465. The van der Waals surface area contributed by atoms with E-state index in [2.05, 4.69) is 36.6 Å². The van der Waals surface area contributed by atoms with Crippen LogP contribution in [0, 0.1) is 0 Å². The monoisotopic (exact) mass is 244 g/mol. The highest BCUT2D eigenvalue weighted by Gasteiger charge is 2.10. The fourth-order valence-electron chi connectivity index (χ4n) is 2.12. The Labute approximate surface area is 108 Å². The molecule has 3 nitrogen and oxygen atoms in total. The zero-order valence-electron chi connectivity index (χ0n) is 10.7. The highest BCUT2D eigenvalue weighted by molar-refractivity contribution is 5.26. The Morgan fingerprint density at radius 2 is 2.17 bits per heavy atom. The maximum absolute atomic E-state index is 5.66. The van der Waals surface area contributed by atoms with Gasteiger partial charge in [0.15, 0.2) is 0 Å². The van der Waals surface area contributed by atoms with Crippen LogP contribution in [0.3, 0.4) is 0 Å². The molecule has 3 heteroatoms. The lowest BCUT2D eigenvalue weighted by atomic mass is 9.99. The van der Waals surface area contributed by atoms with E-state index in [0.717, 1.165) is 25.0 Å². The predicted octanol–water partition coefficient (Wildman–Crippen LogP) is 2.98. The van der Waals surface area contributed by atoms with Gasteiger partial charge in [0, 0.05) is 12.5 Å². The standard InChI is InChI=1S/C15H20N2O/c1-2-12-5-3-6-13(11-12)15(17-16)9-8-14-7-4-10-18-14/h3-7,10-11,15,17H,2,8-9,16H2,1H3. The van der Waals surface area contributed by atoms with Crippen molar-refractivity contribution < 1.29 is 4.42 Å². The first-order chi connectivity index (χ1) is 8.83. The molecule has 1 heterocycles. The first-order valence-electron chi connectivity index (χ1n) is 6.41. The lowest BCUT2D eigenvalue weighted by molar-refractivity contribution is 0.458. The van der Waals surface area contributed by atoms with Crippen molar-refractivity contribution in [3.63, 3.8) is 0 Å². The molecular weight excluding hydrogens is 224 g/mol.